The Morgan fingerprint density at radius 1 is 1.33 bits per heavy atom. The van der Waals surface area contributed by atoms with Crippen LogP contribution in [0.4, 0.5) is 10.2 Å². The van der Waals surface area contributed by atoms with Crippen LogP contribution in [-0.4, -0.2) is 46.9 Å². The third-order valence-corrected chi connectivity index (χ3v) is 3.87. The molecule has 0 saturated carbocycles. The van der Waals surface area contributed by atoms with Crippen LogP contribution in [-0.2, 0) is 16.1 Å². The van der Waals surface area contributed by atoms with Crippen molar-refractivity contribution in [2.45, 2.75) is 6.54 Å². The number of carbonyl (C=O) groups excluding carboxylic acids is 1. The Bertz CT molecular complexity index is 788. The topological polar surface area (TPSA) is 97.2 Å². The van der Waals surface area contributed by atoms with Gasteiger partial charge in [-0.1, -0.05) is 0 Å². The number of hydrogen-bond acceptors (Lipinski definition) is 5. The van der Waals surface area contributed by atoms with Gasteiger partial charge in [0.25, 0.3) is 0 Å². The van der Waals surface area contributed by atoms with Gasteiger partial charge in [-0.2, -0.15) is 10.4 Å². The lowest BCUT2D eigenvalue weighted by Gasteiger charge is -2.26. The predicted molar refractivity (Wildman–Crippen MR) is 84.1 cm³/mol. The summed E-state index contributed by atoms with van der Waals surface area (Å²) in [6.45, 7) is 2.00. The largest absolute Gasteiger partial charge is 0.383 e. The Morgan fingerprint density at radius 2 is 2.00 bits per heavy atom. The van der Waals surface area contributed by atoms with Crippen molar-refractivity contribution in [3.8, 4) is 17.3 Å². The number of nitrogen functional groups attached to an aromatic ring is 1. The molecule has 2 heterocycles. The minimum Gasteiger partial charge on any atom is -0.383 e. The summed E-state index contributed by atoms with van der Waals surface area (Å²) in [5.74, 6) is -0.395. The SMILES string of the molecule is N#Cc1c(-c2ccc(F)cc2)nn(CC(=O)N2CCOCC2)c1N. The molecule has 1 aromatic heterocycles. The van der Waals surface area contributed by atoms with Crippen LogP contribution in [0, 0.1) is 17.1 Å². The Labute approximate surface area is 138 Å². The lowest BCUT2D eigenvalue weighted by molar-refractivity contribution is -0.136. The molecule has 2 aromatic rings. The maximum absolute atomic E-state index is 13.1. The van der Waals surface area contributed by atoms with Crippen LogP contribution in [0.25, 0.3) is 11.3 Å². The molecule has 1 aliphatic rings. The first kappa shape index (κ1) is 16.0. The molecule has 0 aliphatic carbocycles. The second kappa shape index (κ2) is 6.68. The van der Waals surface area contributed by atoms with Crippen molar-refractivity contribution in [1.82, 2.24) is 14.7 Å². The number of aromatic nitrogens is 2. The molecule has 24 heavy (non-hydrogen) atoms. The van der Waals surface area contributed by atoms with E-state index in [1.807, 2.05) is 6.07 Å². The highest BCUT2D eigenvalue weighted by atomic mass is 19.1. The minimum absolute atomic E-state index is 0.0539. The van der Waals surface area contributed by atoms with Crippen molar-refractivity contribution in [2.75, 3.05) is 32.0 Å². The molecule has 0 atom stereocenters. The van der Waals surface area contributed by atoms with Crippen molar-refractivity contribution >= 4 is 11.7 Å². The molecule has 1 fully saturated rings. The number of morpholine rings is 1. The number of anilines is 1. The van der Waals surface area contributed by atoms with Crippen LogP contribution in [0.3, 0.4) is 0 Å². The highest BCUT2D eigenvalue weighted by molar-refractivity contribution is 5.78. The number of ether oxygens (including phenoxy) is 1. The molecule has 1 amide bonds. The smallest absolute Gasteiger partial charge is 0.244 e. The van der Waals surface area contributed by atoms with E-state index in [1.165, 1.54) is 28.9 Å². The minimum atomic E-state index is -0.382. The van der Waals surface area contributed by atoms with Gasteiger partial charge in [-0.05, 0) is 24.3 Å². The van der Waals surface area contributed by atoms with Crippen LogP contribution >= 0.6 is 0 Å². The lowest BCUT2D eigenvalue weighted by atomic mass is 10.1. The van der Waals surface area contributed by atoms with Gasteiger partial charge in [0, 0.05) is 18.7 Å². The Morgan fingerprint density at radius 3 is 2.62 bits per heavy atom. The zero-order valence-corrected chi connectivity index (χ0v) is 12.9. The molecule has 7 nitrogen and oxygen atoms in total. The summed E-state index contributed by atoms with van der Waals surface area (Å²) in [6, 6.07) is 7.61. The molecule has 124 valence electrons. The summed E-state index contributed by atoms with van der Waals surface area (Å²) in [5, 5.41) is 13.6. The molecule has 8 heteroatoms. The number of nitrogens with two attached hydrogens (primary N) is 1. The standard InChI is InChI=1S/C16H16FN5O2/c17-12-3-1-11(2-4-12)15-13(9-18)16(19)22(20-15)10-14(23)21-5-7-24-8-6-21/h1-4H,5-8,10,19H2. The van der Waals surface area contributed by atoms with E-state index >= 15 is 0 Å². The van der Waals surface area contributed by atoms with E-state index in [1.54, 1.807) is 4.90 Å². The molecule has 2 N–H and O–H groups in total. The number of hydrogen-bond donors (Lipinski definition) is 1. The summed E-state index contributed by atoms with van der Waals surface area (Å²) < 4.78 is 19.6. The van der Waals surface area contributed by atoms with Gasteiger partial charge < -0.3 is 15.4 Å². The highest BCUT2D eigenvalue weighted by Gasteiger charge is 2.22. The third kappa shape index (κ3) is 3.07. The van der Waals surface area contributed by atoms with Gasteiger partial charge in [-0.25, -0.2) is 9.07 Å². The first-order valence-electron chi connectivity index (χ1n) is 7.48. The van der Waals surface area contributed by atoms with E-state index in [2.05, 4.69) is 5.10 Å². The maximum Gasteiger partial charge on any atom is 0.244 e. The third-order valence-electron chi connectivity index (χ3n) is 3.87. The van der Waals surface area contributed by atoms with E-state index in [0.29, 0.717) is 37.6 Å². The number of nitrogens with zero attached hydrogens (tertiary/aromatic N) is 4. The predicted octanol–water partition coefficient (Wildman–Crippen LogP) is 1.00. The van der Waals surface area contributed by atoms with Crippen molar-refractivity contribution in [3.63, 3.8) is 0 Å². The first-order chi connectivity index (χ1) is 11.6. The number of nitriles is 1. The van der Waals surface area contributed by atoms with Crippen molar-refractivity contribution in [1.29, 1.82) is 5.26 Å². The fraction of sp³-hybridized carbons (Fsp3) is 0.312. The molecule has 1 aliphatic heterocycles. The first-order valence-corrected chi connectivity index (χ1v) is 7.48. The van der Waals surface area contributed by atoms with Gasteiger partial charge in [0.2, 0.25) is 5.91 Å². The molecule has 1 saturated heterocycles. The fourth-order valence-corrected chi connectivity index (χ4v) is 2.56. The molecule has 3 rings (SSSR count). The summed E-state index contributed by atoms with van der Waals surface area (Å²) in [4.78, 5) is 14.0. The van der Waals surface area contributed by atoms with Gasteiger partial charge in [-0.3, -0.25) is 4.79 Å². The van der Waals surface area contributed by atoms with Crippen LogP contribution in [0.15, 0.2) is 24.3 Å². The average molecular weight is 329 g/mol. The fourth-order valence-electron chi connectivity index (χ4n) is 2.56. The summed E-state index contributed by atoms with van der Waals surface area (Å²) in [7, 11) is 0. The molecule has 1 aromatic carbocycles. The van der Waals surface area contributed by atoms with Crippen molar-refractivity contribution in [3.05, 3.63) is 35.6 Å². The zero-order valence-electron chi connectivity index (χ0n) is 12.9. The normalized spacial score (nSPS) is 14.4. The number of carbonyl (C=O) groups is 1. The van der Waals surface area contributed by atoms with Crippen molar-refractivity contribution in [2.24, 2.45) is 0 Å². The second-order valence-electron chi connectivity index (χ2n) is 5.38. The zero-order chi connectivity index (χ0) is 17.1. The van der Waals surface area contributed by atoms with E-state index in [-0.39, 0.29) is 29.7 Å². The summed E-state index contributed by atoms with van der Waals surface area (Å²) in [6.07, 6.45) is 0. The second-order valence-corrected chi connectivity index (χ2v) is 5.38. The van der Waals surface area contributed by atoms with Crippen LogP contribution in [0.5, 0.6) is 0 Å². The quantitative estimate of drug-likeness (QED) is 0.906. The van der Waals surface area contributed by atoms with Gasteiger partial charge in [-0.15, -0.1) is 0 Å². The van der Waals surface area contributed by atoms with Crippen LogP contribution < -0.4 is 5.73 Å². The maximum atomic E-state index is 13.1. The summed E-state index contributed by atoms with van der Waals surface area (Å²) in [5.41, 5.74) is 7.05. The Hall–Kier alpha value is -2.92. The molecule has 0 unspecified atom stereocenters. The lowest BCUT2D eigenvalue weighted by Crippen LogP contribution is -2.42. The number of amides is 1. The van der Waals surface area contributed by atoms with Gasteiger partial charge in [0.15, 0.2) is 0 Å². The Kier molecular flexibility index (Phi) is 4.44. The highest BCUT2D eigenvalue weighted by Crippen LogP contribution is 2.26. The van der Waals surface area contributed by atoms with Gasteiger partial charge >= 0.3 is 0 Å². The molecular weight excluding hydrogens is 313 g/mol. The Balaban J connectivity index is 1.88. The van der Waals surface area contributed by atoms with E-state index < -0.39 is 0 Å². The van der Waals surface area contributed by atoms with Crippen LogP contribution in [0.1, 0.15) is 5.56 Å². The average Bonchev–Trinajstić information content (AvgIpc) is 2.92. The van der Waals surface area contributed by atoms with Gasteiger partial charge in [0.05, 0.1) is 13.2 Å². The number of benzene rings is 1. The number of halogens is 1. The van der Waals surface area contributed by atoms with Crippen molar-refractivity contribution < 1.29 is 13.9 Å². The van der Waals surface area contributed by atoms with E-state index in [0.717, 1.165) is 0 Å². The number of rotatable bonds is 3. The molecule has 0 spiro atoms. The molecular formula is C16H16FN5O2. The molecule has 0 radical (unpaired) electrons. The van der Waals surface area contributed by atoms with Crippen LogP contribution in [0.2, 0.25) is 0 Å². The summed E-state index contributed by atoms with van der Waals surface area (Å²) >= 11 is 0. The van der Waals surface area contributed by atoms with Gasteiger partial charge in [0.1, 0.15) is 35.5 Å². The molecule has 0 bridgehead atoms. The van der Waals surface area contributed by atoms with E-state index in [9.17, 15) is 14.4 Å². The van der Waals surface area contributed by atoms with E-state index in [4.69, 9.17) is 10.5 Å². The monoisotopic (exact) mass is 329 g/mol.